The number of aryl methyl sites for hydroxylation is 2. The highest BCUT2D eigenvalue weighted by Gasteiger charge is 2.29. The van der Waals surface area contributed by atoms with E-state index in [4.69, 9.17) is 9.72 Å². The largest absolute Gasteiger partial charge is 0.466 e. The third kappa shape index (κ3) is 3.45. The minimum absolute atomic E-state index is 0.0414. The second kappa shape index (κ2) is 8.23. The zero-order valence-corrected chi connectivity index (χ0v) is 17.6. The number of rotatable bonds is 5. The second-order valence-electron chi connectivity index (χ2n) is 7.77. The van der Waals surface area contributed by atoms with Crippen molar-refractivity contribution in [3.8, 4) is 0 Å². The summed E-state index contributed by atoms with van der Waals surface area (Å²) in [5, 5.41) is 0.860. The van der Waals surface area contributed by atoms with Crippen molar-refractivity contribution in [3.63, 3.8) is 0 Å². The van der Waals surface area contributed by atoms with Gasteiger partial charge in [0.05, 0.1) is 17.9 Å². The third-order valence-corrected chi connectivity index (χ3v) is 7.09. The maximum Gasteiger partial charge on any atom is 0.309 e. The van der Waals surface area contributed by atoms with Crippen LogP contribution in [0.25, 0.3) is 10.2 Å². The van der Waals surface area contributed by atoms with Gasteiger partial charge in [-0.15, -0.1) is 11.3 Å². The normalized spacial score (nSPS) is 17.7. The molecule has 1 fully saturated rings. The second-order valence-corrected chi connectivity index (χ2v) is 8.86. The molecule has 7 heteroatoms. The molecular formula is C21H29N3O3S. The standard InChI is InChI=1S/C21H29N3O3S/c1-3-11-24-19(25)17-15-7-5-6-8-16(15)28-18(17)22-21(24)23-12-9-14(10-13-23)20(26)27-4-2/h14H,3-13H2,1-2H3. The topological polar surface area (TPSA) is 64.4 Å². The Hall–Kier alpha value is -1.89. The summed E-state index contributed by atoms with van der Waals surface area (Å²) >= 11 is 1.71. The van der Waals surface area contributed by atoms with Crippen molar-refractivity contribution in [1.82, 2.24) is 9.55 Å². The number of thiophene rings is 1. The summed E-state index contributed by atoms with van der Waals surface area (Å²) in [4.78, 5) is 34.9. The fourth-order valence-electron chi connectivity index (χ4n) is 4.47. The van der Waals surface area contributed by atoms with Crippen LogP contribution in [-0.4, -0.2) is 35.2 Å². The number of anilines is 1. The van der Waals surface area contributed by atoms with Crippen LogP contribution in [-0.2, 0) is 28.9 Å². The molecule has 2 aliphatic rings. The molecule has 0 radical (unpaired) electrons. The zero-order valence-electron chi connectivity index (χ0n) is 16.8. The van der Waals surface area contributed by atoms with Gasteiger partial charge in [0.25, 0.3) is 5.56 Å². The fraction of sp³-hybridized carbons (Fsp3) is 0.667. The maximum absolute atomic E-state index is 13.4. The first kappa shape index (κ1) is 19.4. The molecule has 28 heavy (non-hydrogen) atoms. The molecule has 6 nitrogen and oxygen atoms in total. The Morgan fingerprint density at radius 1 is 1.21 bits per heavy atom. The Labute approximate surface area is 169 Å². The number of carbonyl (C=O) groups excluding carboxylic acids is 1. The Kier molecular flexibility index (Phi) is 5.71. The molecule has 1 aliphatic heterocycles. The maximum atomic E-state index is 13.4. The predicted molar refractivity (Wildman–Crippen MR) is 112 cm³/mol. The molecule has 1 saturated heterocycles. The summed E-state index contributed by atoms with van der Waals surface area (Å²) in [5.41, 5.74) is 1.37. The molecule has 0 amide bonds. The minimum atomic E-state index is -0.0950. The van der Waals surface area contributed by atoms with E-state index in [0.717, 1.165) is 67.8 Å². The predicted octanol–water partition coefficient (Wildman–Crippen LogP) is 3.53. The van der Waals surface area contributed by atoms with Gasteiger partial charge in [-0.05, 0) is 57.4 Å². The summed E-state index contributed by atoms with van der Waals surface area (Å²) in [6.45, 7) is 6.51. The van der Waals surface area contributed by atoms with Gasteiger partial charge in [-0.1, -0.05) is 6.92 Å². The molecule has 2 aromatic rings. The quantitative estimate of drug-likeness (QED) is 0.715. The van der Waals surface area contributed by atoms with Crippen LogP contribution in [0, 0.1) is 5.92 Å². The van der Waals surface area contributed by atoms with Crippen molar-refractivity contribution in [1.29, 1.82) is 0 Å². The average molecular weight is 404 g/mol. The Balaban J connectivity index is 1.68. The molecule has 0 atom stereocenters. The lowest BCUT2D eigenvalue weighted by atomic mass is 9.97. The summed E-state index contributed by atoms with van der Waals surface area (Å²) < 4.78 is 7.05. The van der Waals surface area contributed by atoms with Gasteiger partial charge in [-0.25, -0.2) is 4.98 Å². The molecule has 0 spiro atoms. The van der Waals surface area contributed by atoms with Crippen LogP contribution in [0.4, 0.5) is 5.95 Å². The van der Waals surface area contributed by atoms with Crippen LogP contribution < -0.4 is 10.5 Å². The van der Waals surface area contributed by atoms with Gasteiger partial charge < -0.3 is 9.64 Å². The first-order valence-corrected chi connectivity index (χ1v) is 11.4. The van der Waals surface area contributed by atoms with Gasteiger partial charge in [0.15, 0.2) is 0 Å². The van der Waals surface area contributed by atoms with Gasteiger partial charge in [0.2, 0.25) is 5.95 Å². The molecular weight excluding hydrogens is 374 g/mol. The van der Waals surface area contributed by atoms with Gasteiger partial charge in [-0.2, -0.15) is 0 Å². The molecule has 0 N–H and O–H groups in total. The number of nitrogens with zero attached hydrogens (tertiary/aromatic N) is 3. The van der Waals surface area contributed by atoms with Crippen LogP contribution in [0.15, 0.2) is 4.79 Å². The smallest absolute Gasteiger partial charge is 0.309 e. The molecule has 4 rings (SSSR count). The van der Waals surface area contributed by atoms with E-state index in [1.165, 1.54) is 16.9 Å². The van der Waals surface area contributed by atoms with Crippen LogP contribution in [0.5, 0.6) is 0 Å². The number of ether oxygens (including phenoxy) is 1. The van der Waals surface area contributed by atoms with Gasteiger partial charge in [-0.3, -0.25) is 14.2 Å². The van der Waals surface area contributed by atoms with Crippen molar-refractivity contribution in [2.75, 3.05) is 24.6 Å². The van der Waals surface area contributed by atoms with Crippen molar-refractivity contribution < 1.29 is 9.53 Å². The number of hydrogen-bond acceptors (Lipinski definition) is 6. The number of hydrogen-bond donors (Lipinski definition) is 0. The number of aromatic nitrogens is 2. The average Bonchev–Trinajstić information content (AvgIpc) is 3.09. The Bertz CT molecular complexity index is 925. The van der Waals surface area contributed by atoms with Crippen molar-refractivity contribution in [2.24, 2.45) is 5.92 Å². The van der Waals surface area contributed by atoms with Gasteiger partial charge in [0.1, 0.15) is 4.83 Å². The highest BCUT2D eigenvalue weighted by molar-refractivity contribution is 7.18. The molecule has 0 saturated carbocycles. The van der Waals surface area contributed by atoms with Crippen LogP contribution in [0.2, 0.25) is 0 Å². The molecule has 1 aliphatic carbocycles. The number of fused-ring (bicyclic) bond motifs is 3. The van der Waals surface area contributed by atoms with E-state index >= 15 is 0 Å². The lowest BCUT2D eigenvalue weighted by Crippen LogP contribution is -2.40. The van der Waals surface area contributed by atoms with Gasteiger partial charge >= 0.3 is 5.97 Å². The SMILES string of the molecule is CCCn1c(N2CCC(C(=O)OCC)CC2)nc2sc3c(c2c1=O)CCCC3. The van der Waals surface area contributed by atoms with E-state index in [9.17, 15) is 9.59 Å². The number of esters is 1. The number of piperidine rings is 1. The van der Waals surface area contributed by atoms with Crippen LogP contribution >= 0.6 is 11.3 Å². The summed E-state index contributed by atoms with van der Waals surface area (Å²) in [6.07, 6.45) is 6.84. The summed E-state index contributed by atoms with van der Waals surface area (Å²) in [6, 6.07) is 0. The monoisotopic (exact) mass is 403 g/mol. The van der Waals surface area contributed by atoms with E-state index in [2.05, 4.69) is 11.8 Å². The first-order valence-electron chi connectivity index (χ1n) is 10.6. The van der Waals surface area contributed by atoms with Crippen molar-refractivity contribution in [2.45, 2.75) is 65.3 Å². The highest BCUT2D eigenvalue weighted by Crippen LogP contribution is 2.35. The van der Waals surface area contributed by atoms with E-state index in [-0.39, 0.29) is 17.4 Å². The molecule has 152 valence electrons. The zero-order chi connectivity index (χ0) is 19.7. The lowest BCUT2D eigenvalue weighted by Gasteiger charge is -2.32. The molecule has 2 aromatic heterocycles. The van der Waals surface area contributed by atoms with Gasteiger partial charge in [0, 0.05) is 24.5 Å². The molecule has 0 bridgehead atoms. The number of carbonyl (C=O) groups is 1. The lowest BCUT2D eigenvalue weighted by molar-refractivity contribution is -0.148. The Morgan fingerprint density at radius 2 is 1.96 bits per heavy atom. The first-order chi connectivity index (χ1) is 13.6. The van der Waals surface area contributed by atoms with E-state index < -0.39 is 0 Å². The van der Waals surface area contributed by atoms with E-state index in [1.54, 1.807) is 11.3 Å². The summed E-state index contributed by atoms with van der Waals surface area (Å²) in [7, 11) is 0. The fourth-order valence-corrected chi connectivity index (χ4v) is 5.72. The molecule has 0 aromatic carbocycles. The van der Waals surface area contributed by atoms with Crippen LogP contribution in [0.3, 0.4) is 0 Å². The minimum Gasteiger partial charge on any atom is -0.466 e. The van der Waals surface area contributed by atoms with Crippen molar-refractivity contribution >= 4 is 33.5 Å². The van der Waals surface area contributed by atoms with E-state index in [1.807, 2.05) is 11.5 Å². The van der Waals surface area contributed by atoms with Crippen molar-refractivity contribution in [3.05, 3.63) is 20.8 Å². The summed E-state index contributed by atoms with van der Waals surface area (Å²) in [5.74, 6) is 0.642. The van der Waals surface area contributed by atoms with E-state index in [0.29, 0.717) is 13.2 Å². The third-order valence-electron chi connectivity index (χ3n) is 5.90. The Morgan fingerprint density at radius 3 is 2.68 bits per heavy atom. The highest BCUT2D eigenvalue weighted by atomic mass is 32.1. The molecule has 3 heterocycles. The molecule has 0 unspecified atom stereocenters. The van der Waals surface area contributed by atoms with Crippen LogP contribution in [0.1, 0.15) is 56.4 Å².